The maximum Gasteiger partial charge on any atom is 0.0847 e. The Morgan fingerprint density at radius 3 is 2.07 bits per heavy atom. The molecule has 0 N–H and O–H groups in total. The number of aromatic nitrogens is 3. The van der Waals surface area contributed by atoms with E-state index < -0.39 is 0 Å². The first-order valence-corrected chi connectivity index (χ1v) is 18.3. The summed E-state index contributed by atoms with van der Waals surface area (Å²) in [5.41, 5.74) is 15.3. The number of pyridine rings is 3. The molecule has 275 valence electrons. The third-order valence-electron chi connectivity index (χ3n) is 10.2. The fourth-order valence-corrected chi connectivity index (χ4v) is 6.48. The maximum atomic E-state index is 5.84. The van der Waals surface area contributed by atoms with Gasteiger partial charge in [-0.3, -0.25) is 9.97 Å². The number of hydrogen-bond donors (Lipinski definition) is 0. The predicted octanol–water partition coefficient (Wildman–Crippen LogP) is 13.0. The second-order valence-corrected chi connectivity index (χ2v) is 16.3. The molecule has 4 nitrogen and oxygen atoms in total. The molecule has 0 saturated heterocycles. The Labute approximate surface area is 333 Å². The molecule has 0 fully saturated rings. The number of aryl methyl sites for hydroxylation is 4. The fraction of sp³-hybridized carbons (Fsp3) is 0.245. The molecule has 5 heteroatoms. The van der Waals surface area contributed by atoms with Gasteiger partial charge in [-0.2, -0.15) is 0 Å². The Bertz CT molecular complexity index is 2590. The summed E-state index contributed by atoms with van der Waals surface area (Å²) in [7, 11) is 0. The minimum atomic E-state index is -0.0608. The van der Waals surface area contributed by atoms with Crippen molar-refractivity contribution in [3.63, 3.8) is 0 Å². The van der Waals surface area contributed by atoms with Crippen LogP contribution in [-0.2, 0) is 30.9 Å². The summed E-state index contributed by atoms with van der Waals surface area (Å²) in [5, 5.41) is 4.40. The number of rotatable bonds is 3. The molecule has 0 atom stereocenters. The van der Waals surface area contributed by atoms with Crippen LogP contribution in [0.25, 0.3) is 66.3 Å². The van der Waals surface area contributed by atoms with E-state index in [9.17, 15) is 0 Å². The van der Waals surface area contributed by atoms with Gasteiger partial charge in [-0.25, -0.2) is 0 Å². The summed E-state index contributed by atoms with van der Waals surface area (Å²) in [6.07, 6.45) is 5.52. The number of furan rings is 1. The minimum absolute atomic E-state index is 0. The first-order chi connectivity index (χ1) is 25.2. The standard InChI is InChI=1S/C34H31N2O.C15H16N.Ir/c1-33(2,3)26-10-9-22-17-21(7-8-23(22)18-26)24-13-15-35-29(20-24)28-19-25-14-16-37-32(25)31-27(28)11-12-30(36-31)34(4,5)6;1-10-5-6-14(7-11(10)2)15-8-12(3)13(4)9-16-15;/h7-18,20H,1-6H3;5,7-9H,1-4H3;/q2*-1;. The SMILES string of the molecule is CC(C)(C)c1ccc2cc(-c3ccnc(-c4[c-]c5ccoc5c5nc(C(C)(C)C)ccc45)c3)ccc2c1.Cc1c[c-]c(-c2cc(C)c(C)cn2)cc1C.[Ir]. The van der Waals surface area contributed by atoms with Crippen molar-refractivity contribution < 1.29 is 24.5 Å². The molecule has 4 aromatic heterocycles. The quantitative estimate of drug-likeness (QED) is 0.166. The average molecular weight is 886 g/mol. The number of hydrogen-bond acceptors (Lipinski definition) is 4. The van der Waals surface area contributed by atoms with Gasteiger partial charge in [0, 0.05) is 61.1 Å². The Balaban J connectivity index is 0.000000246. The third kappa shape index (κ3) is 7.94. The second-order valence-electron chi connectivity index (χ2n) is 16.3. The van der Waals surface area contributed by atoms with Crippen LogP contribution >= 0.6 is 0 Å². The number of benzene rings is 4. The second kappa shape index (κ2) is 15.1. The average Bonchev–Trinajstić information content (AvgIpc) is 3.62. The molecular formula is C49H47IrN3O-2. The molecule has 4 aromatic carbocycles. The summed E-state index contributed by atoms with van der Waals surface area (Å²) in [6.45, 7) is 21.7. The molecule has 0 bridgehead atoms. The van der Waals surface area contributed by atoms with Crippen LogP contribution in [0.2, 0.25) is 0 Å². The van der Waals surface area contributed by atoms with Gasteiger partial charge in [-0.05, 0) is 76.2 Å². The van der Waals surface area contributed by atoms with Gasteiger partial charge in [0.25, 0.3) is 0 Å². The van der Waals surface area contributed by atoms with Gasteiger partial charge in [0.2, 0.25) is 0 Å². The molecule has 8 rings (SSSR count). The maximum absolute atomic E-state index is 5.84. The zero-order chi connectivity index (χ0) is 37.7. The first kappa shape index (κ1) is 38.8. The molecule has 0 aliphatic heterocycles. The monoisotopic (exact) mass is 886 g/mol. The van der Waals surface area contributed by atoms with Crippen molar-refractivity contribution in [1.29, 1.82) is 0 Å². The van der Waals surface area contributed by atoms with Crippen molar-refractivity contribution in [3.8, 4) is 33.6 Å². The summed E-state index contributed by atoms with van der Waals surface area (Å²) in [5.74, 6) is 0. The van der Waals surface area contributed by atoms with Gasteiger partial charge in [0.15, 0.2) is 0 Å². The van der Waals surface area contributed by atoms with E-state index in [0.29, 0.717) is 0 Å². The Morgan fingerprint density at radius 1 is 0.630 bits per heavy atom. The summed E-state index contributed by atoms with van der Waals surface area (Å²) in [4.78, 5) is 14.2. The largest absolute Gasteiger partial charge is 0.506 e. The third-order valence-corrected chi connectivity index (χ3v) is 10.2. The zero-order valence-corrected chi connectivity index (χ0v) is 35.3. The Hall–Kier alpha value is -4.96. The predicted molar refractivity (Wildman–Crippen MR) is 221 cm³/mol. The van der Waals surface area contributed by atoms with Crippen molar-refractivity contribution in [3.05, 3.63) is 149 Å². The van der Waals surface area contributed by atoms with Crippen molar-refractivity contribution in [1.82, 2.24) is 15.0 Å². The van der Waals surface area contributed by atoms with Crippen molar-refractivity contribution in [2.45, 2.75) is 80.1 Å². The van der Waals surface area contributed by atoms with E-state index in [1.807, 2.05) is 24.5 Å². The zero-order valence-electron chi connectivity index (χ0n) is 32.9. The molecule has 0 aliphatic carbocycles. The molecule has 0 unspecified atom stereocenters. The fourth-order valence-electron chi connectivity index (χ4n) is 6.48. The van der Waals surface area contributed by atoms with Crippen molar-refractivity contribution >= 4 is 32.6 Å². The number of nitrogens with zero attached hydrogens (tertiary/aromatic N) is 3. The first-order valence-electron chi connectivity index (χ1n) is 18.3. The van der Waals surface area contributed by atoms with E-state index in [-0.39, 0.29) is 30.9 Å². The summed E-state index contributed by atoms with van der Waals surface area (Å²) in [6, 6.07) is 37.0. The molecule has 0 aliphatic rings. The molecule has 0 saturated carbocycles. The van der Waals surface area contributed by atoms with Gasteiger partial charge in [-0.15, -0.1) is 41.0 Å². The topological polar surface area (TPSA) is 51.8 Å². The van der Waals surface area contributed by atoms with Crippen LogP contribution in [-0.4, -0.2) is 15.0 Å². The van der Waals surface area contributed by atoms with Crippen LogP contribution in [0.4, 0.5) is 0 Å². The van der Waals surface area contributed by atoms with E-state index in [0.717, 1.165) is 55.6 Å². The van der Waals surface area contributed by atoms with Crippen molar-refractivity contribution in [2.24, 2.45) is 0 Å². The van der Waals surface area contributed by atoms with E-state index in [1.165, 1.54) is 44.2 Å². The van der Waals surface area contributed by atoms with Crippen LogP contribution in [0.3, 0.4) is 0 Å². The van der Waals surface area contributed by atoms with E-state index in [2.05, 4.69) is 159 Å². The molecular weight excluding hydrogens is 839 g/mol. The summed E-state index contributed by atoms with van der Waals surface area (Å²) < 4.78 is 5.84. The van der Waals surface area contributed by atoms with Crippen LogP contribution in [0.5, 0.6) is 0 Å². The van der Waals surface area contributed by atoms with Gasteiger partial charge in [-0.1, -0.05) is 132 Å². The molecule has 0 amide bonds. The van der Waals surface area contributed by atoms with Crippen LogP contribution in [0.15, 0.2) is 108 Å². The van der Waals surface area contributed by atoms with E-state index >= 15 is 0 Å². The van der Waals surface area contributed by atoms with Crippen molar-refractivity contribution in [2.75, 3.05) is 0 Å². The van der Waals surface area contributed by atoms with Crippen LogP contribution in [0.1, 0.15) is 75.1 Å². The molecule has 1 radical (unpaired) electrons. The molecule has 8 aromatic rings. The van der Waals surface area contributed by atoms with Gasteiger partial charge in [0.05, 0.1) is 5.58 Å². The van der Waals surface area contributed by atoms with Crippen LogP contribution < -0.4 is 0 Å². The molecule has 0 spiro atoms. The van der Waals surface area contributed by atoms with Gasteiger partial charge in [0.1, 0.15) is 0 Å². The summed E-state index contributed by atoms with van der Waals surface area (Å²) >= 11 is 0. The number of fused-ring (bicyclic) bond motifs is 4. The Morgan fingerprint density at radius 2 is 1.35 bits per heavy atom. The van der Waals surface area contributed by atoms with E-state index in [4.69, 9.17) is 14.4 Å². The molecule has 54 heavy (non-hydrogen) atoms. The van der Waals surface area contributed by atoms with Gasteiger partial charge >= 0.3 is 0 Å². The van der Waals surface area contributed by atoms with E-state index in [1.54, 1.807) is 6.26 Å². The normalized spacial score (nSPS) is 11.7. The minimum Gasteiger partial charge on any atom is -0.506 e. The van der Waals surface area contributed by atoms with Crippen LogP contribution in [0, 0.1) is 39.8 Å². The van der Waals surface area contributed by atoms with Gasteiger partial charge < -0.3 is 9.40 Å². The molecule has 4 heterocycles. The smallest absolute Gasteiger partial charge is 0.0847 e. The Kier molecular flexibility index (Phi) is 10.8.